The number of rotatable bonds is 2. The molecule has 2 N–H and O–H groups in total. The van der Waals surface area contributed by atoms with Crippen LogP contribution in [-0.4, -0.2) is 40.6 Å². The van der Waals surface area contributed by atoms with Gasteiger partial charge in [0.15, 0.2) is 0 Å². The molecular formula is C15H18N2O2. The topological polar surface area (TPSA) is 56.3 Å². The van der Waals surface area contributed by atoms with Crippen LogP contribution >= 0.6 is 0 Å². The van der Waals surface area contributed by atoms with Crippen molar-refractivity contribution in [1.82, 2.24) is 9.88 Å². The second kappa shape index (κ2) is 5.05. The number of piperidine rings is 1. The summed E-state index contributed by atoms with van der Waals surface area (Å²) >= 11 is 0. The highest BCUT2D eigenvalue weighted by Crippen LogP contribution is 2.20. The molecule has 1 fully saturated rings. The minimum atomic E-state index is 0.0364. The van der Waals surface area contributed by atoms with Gasteiger partial charge in [-0.15, -0.1) is 0 Å². The fraction of sp³-hybridized carbons (Fsp3) is 0.400. The van der Waals surface area contributed by atoms with E-state index in [0.29, 0.717) is 12.2 Å². The predicted molar refractivity (Wildman–Crippen MR) is 74.0 cm³/mol. The molecule has 0 aliphatic carbocycles. The number of hydrogen-bond donors (Lipinski definition) is 2. The quantitative estimate of drug-likeness (QED) is 0.865. The van der Waals surface area contributed by atoms with Crippen LogP contribution in [0.4, 0.5) is 0 Å². The fourth-order valence-electron chi connectivity index (χ4n) is 2.76. The van der Waals surface area contributed by atoms with Crippen molar-refractivity contribution in [3.05, 3.63) is 36.0 Å². The molecule has 0 spiro atoms. The first-order valence-electron chi connectivity index (χ1n) is 6.76. The molecule has 1 aromatic heterocycles. The maximum Gasteiger partial charge on any atom is 0.270 e. The maximum atomic E-state index is 12.4. The third kappa shape index (κ3) is 2.36. The number of likely N-dealkylation sites (tertiary alicyclic amines) is 1. The van der Waals surface area contributed by atoms with E-state index in [0.717, 1.165) is 30.3 Å². The summed E-state index contributed by atoms with van der Waals surface area (Å²) in [6, 6.07) is 9.79. The Kier molecular flexibility index (Phi) is 3.25. The van der Waals surface area contributed by atoms with Crippen LogP contribution in [-0.2, 0) is 0 Å². The van der Waals surface area contributed by atoms with Crippen molar-refractivity contribution in [3.8, 4) is 0 Å². The molecule has 0 saturated carbocycles. The summed E-state index contributed by atoms with van der Waals surface area (Å²) in [5.74, 6) is 0.261. The monoisotopic (exact) mass is 258 g/mol. The number of amides is 1. The van der Waals surface area contributed by atoms with Crippen LogP contribution in [0.15, 0.2) is 30.3 Å². The van der Waals surface area contributed by atoms with Crippen molar-refractivity contribution < 1.29 is 9.90 Å². The average molecular weight is 258 g/mol. The van der Waals surface area contributed by atoms with E-state index in [2.05, 4.69) is 4.98 Å². The number of carbonyl (C=O) groups is 1. The highest BCUT2D eigenvalue weighted by Gasteiger charge is 2.24. The van der Waals surface area contributed by atoms with Gasteiger partial charge in [0.2, 0.25) is 0 Å². The molecule has 1 aliphatic heterocycles. The van der Waals surface area contributed by atoms with Crippen LogP contribution in [0.5, 0.6) is 0 Å². The standard InChI is InChI=1S/C15H18N2O2/c18-10-11-4-3-7-17(9-11)15(19)14-8-12-5-1-2-6-13(12)16-14/h1-2,5-6,8,11,16,18H,3-4,7,9-10H2. The van der Waals surface area contributed by atoms with Gasteiger partial charge in [0.1, 0.15) is 5.69 Å². The third-order valence-electron chi connectivity index (χ3n) is 3.82. The molecule has 100 valence electrons. The lowest BCUT2D eigenvalue weighted by Gasteiger charge is -2.31. The van der Waals surface area contributed by atoms with Crippen molar-refractivity contribution in [3.63, 3.8) is 0 Å². The van der Waals surface area contributed by atoms with E-state index in [-0.39, 0.29) is 18.4 Å². The first-order chi connectivity index (χ1) is 9.28. The molecular weight excluding hydrogens is 240 g/mol. The number of aliphatic hydroxyl groups is 1. The summed E-state index contributed by atoms with van der Waals surface area (Å²) in [6.45, 7) is 1.60. The second-order valence-corrected chi connectivity index (χ2v) is 5.21. The number of H-pyrrole nitrogens is 1. The lowest BCUT2D eigenvalue weighted by molar-refractivity contribution is 0.0616. The summed E-state index contributed by atoms with van der Waals surface area (Å²) in [5, 5.41) is 10.3. The lowest BCUT2D eigenvalue weighted by atomic mass is 9.99. The molecule has 2 aromatic rings. The number of aromatic nitrogens is 1. The fourth-order valence-corrected chi connectivity index (χ4v) is 2.76. The van der Waals surface area contributed by atoms with E-state index < -0.39 is 0 Å². The van der Waals surface area contributed by atoms with Crippen LogP contribution in [0, 0.1) is 5.92 Å². The molecule has 1 amide bonds. The number of nitrogens with one attached hydrogen (secondary N) is 1. The summed E-state index contributed by atoms with van der Waals surface area (Å²) < 4.78 is 0. The van der Waals surface area contributed by atoms with Crippen molar-refractivity contribution in [2.45, 2.75) is 12.8 Å². The van der Waals surface area contributed by atoms with E-state index in [1.807, 2.05) is 35.2 Å². The maximum absolute atomic E-state index is 12.4. The van der Waals surface area contributed by atoms with Crippen LogP contribution in [0.25, 0.3) is 10.9 Å². The number of aromatic amines is 1. The van der Waals surface area contributed by atoms with Gasteiger partial charge in [-0.1, -0.05) is 18.2 Å². The molecule has 3 rings (SSSR count). The zero-order chi connectivity index (χ0) is 13.2. The van der Waals surface area contributed by atoms with Crippen molar-refractivity contribution in [2.75, 3.05) is 19.7 Å². The highest BCUT2D eigenvalue weighted by molar-refractivity contribution is 5.98. The lowest BCUT2D eigenvalue weighted by Crippen LogP contribution is -2.41. The van der Waals surface area contributed by atoms with Crippen LogP contribution < -0.4 is 0 Å². The van der Waals surface area contributed by atoms with Gasteiger partial charge in [-0.05, 0) is 30.9 Å². The van der Waals surface area contributed by atoms with Crippen molar-refractivity contribution in [2.24, 2.45) is 5.92 Å². The van der Waals surface area contributed by atoms with E-state index >= 15 is 0 Å². The number of para-hydroxylation sites is 1. The number of nitrogens with zero attached hydrogens (tertiary/aromatic N) is 1. The first kappa shape index (κ1) is 12.2. The zero-order valence-corrected chi connectivity index (χ0v) is 10.8. The van der Waals surface area contributed by atoms with Crippen LogP contribution in [0.2, 0.25) is 0 Å². The molecule has 19 heavy (non-hydrogen) atoms. The zero-order valence-electron chi connectivity index (χ0n) is 10.8. The third-order valence-corrected chi connectivity index (χ3v) is 3.82. The minimum Gasteiger partial charge on any atom is -0.396 e. The van der Waals surface area contributed by atoms with E-state index in [9.17, 15) is 9.90 Å². The number of fused-ring (bicyclic) bond motifs is 1. The minimum absolute atomic E-state index is 0.0364. The van der Waals surface area contributed by atoms with Gasteiger partial charge in [-0.3, -0.25) is 4.79 Å². The first-order valence-corrected chi connectivity index (χ1v) is 6.76. The van der Waals surface area contributed by atoms with Crippen molar-refractivity contribution >= 4 is 16.8 Å². The van der Waals surface area contributed by atoms with E-state index in [1.54, 1.807) is 0 Å². The Morgan fingerprint density at radius 2 is 2.26 bits per heavy atom. The Hall–Kier alpha value is -1.81. The molecule has 1 saturated heterocycles. The number of carbonyl (C=O) groups excluding carboxylic acids is 1. The summed E-state index contributed by atoms with van der Waals surface area (Å²) in [7, 11) is 0. The molecule has 0 bridgehead atoms. The van der Waals surface area contributed by atoms with Gasteiger partial charge in [0, 0.05) is 30.6 Å². The molecule has 4 heteroatoms. The Morgan fingerprint density at radius 3 is 3.05 bits per heavy atom. The molecule has 1 aromatic carbocycles. The normalized spacial score (nSPS) is 19.8. The average Bonchev–Trinajstić information content (AvgIpc) is 2.90. The van der Waals surface area contributed by atoms with E-state index in [4.69, 9.17) is 0 Å². The SMILES string of the molecule is O=C(c1cc2ccccc2[nH]1)N1CCCC(CO)C1. The van der Waals surface area contributed by atoms with Gasteiger partial charge in [0.25, 0.3) is 5.91 Å². The smallest absolute Gasteiger partial charge is 0.270 e. The molecule has 1 atom stereocenters. The van der Waals surface area contributed by atoms with E-state index in [1.165, 1.54) is 0 Å². The Bertz CT molecular complexity index is 558. The van der Waals surface area contributed by atoms with Gasteiger partial charge in [-0.2, -0.15) is 0 Å². The summed E-state index contributed by atoms with van der Waals surface area (Å²) in [6.07, 6.45) is 1.98. The van der Waals surface area contributed by atoms with Gasteiger partial charge >= 0.3 is 0 Å². The molecule has 1 unspecified atom stereocenters. The van der Waals surface area contributed by atoms with Crippen LogP contribution in [0.3, 0.4) is 0 Å². The van der Waals surface area contributed by atoms with Crippen LogP contribution in [0.1, 0.15) is 23.3 Å². The summed E-state index contributed by atoms with van der Waals surface area (Å²) in [4.78, 5) is 17.5. The molecule has 1 aliphatic rings. The summed E-state index contributed by atoms with van der Waals surface area (Å²) in [5.41, 5.74) is 1.63. The largest absolute Gasteiger partial charge is 0.396 e. The number of benzene rings is 1. The Labute approximate surface area is 112 Å². The second-order valence-electron chi connectivity index (χ2n) is 5.21. The molecule has 4 nitrogen and oxygen atoms in total. The number of aliphatic hydroxyl groups excluding tert-OH is 1. The van der Waals surface area contributed by atoms with Gasteiger partial charge in [-0.25, -0.2) is 0 Å². The Balaban J connectivity index is 1.82. The Morgan fingerprint density at radius 1 is 1.42 bits per heavy atom. The molecule has 0 radical (unpaired) electrons. The highest BCUT2D eigenvalue weighted by atomic mass is 16.3. The van der Waals surface area contributed by atoms with Gasteiger partial charge in [0.05, 0.1) is 0 Å². The molecule has 2 heterocycles. The van der Waals surface area contributed by atoms with Gasteiger partial charge < -0.3 is 15.0 Å². The predicted octanol–water partition coefficient (Wildman–Crippen LogP) is 2.01. The number of hydrogen-bond acceptors (Lipinski definition) is 2. The van der Waals surface area contributed by atoms with Crippen molar-refractivity contribution in [1.29, 1.82) is 0 Å².